The molecule has 0 aliphatic carbocycles. The van der Waals surface area contributed by atoms with Crippen molar-refractivity contribution >= 4 is 44.3 Å². The van der Waals surface area contributed by atoms with Crippen molar-refractivity contribution in [2.24, 2.45) is 5.92 Å². The van der Waals surface area contributed by atoms with Crippen molar-refractivity contribution in [2.75, 3.05) is 0 Å². The summed E-state index contributed by atoms with van der Waals surface area (Å²) >= 11 is 0. The number of ether oxygens (including phenoxy) is 2. The van der Waals surface area contributed by atoms with Gasteiger partial charge < -0.3 is 29.0 Å². The summed E-state index contributed by atoms with van der Waals surface area (Å²) in [7, 11) is -11.0. The SMILES string of the molecule is O=C1C(=O)C(C(=O)O)OC(C2C(OS(=O)(=O)O)OC(C(=O)O)C2O)=C1OS(=O)(=O)O. The van der Waals surface area contributed by atoms with Crippen LogP contribution in [0, 0.1) is 5.92 Å². The van der Waals surface area contributed by atoms with Crippen molar-refractivity contribution in [1.82, 2.24) is 0 Å². The van der Waals surface area contributed by atoms with Crippen LogP contribution in [0.4, 0.5) is 0 Å². The fourth-order valence-electron chi connectivity index (χ4n) is 2.50. The number of carboxylic acids is 2. The molecular formula is C11H10O17S2. The van der Waals surface area contributed by atoms with Gasteiger partial charge >= 0.3 is 32.7 Å². The number of ketones is 2. The number of hydrogen-bond donors (Lipinski definition) is 5. The zero-order chi connectivity index (χ0) is 23.2. The Bertz CT molecular complexity index is 1040. The zero-order valence-corrected chi connectivity index (χ0v) is 15.5. The molecule has 2 heterocycles. The average molecular weight is 478 g/mol. The number of rotatable bonds is 7. The third-order valence-electron chi connectivity index (χ3n) is 3.56. The molecule has 2 rings (SSSR count). The van der Waals surface area contributed by atoms with Crippen molar-refractivity contribution in [2.45, 2.75) is 24.6 Å². The number of aliphatic carboxylic acids is 2. The number of aliphatic hydroxyl groups is 1. The molecule has 0 aromatic heterocycles. The highest BCUT2D eigenvalue weighted by atomic mass is 32.3. The Hall–Kier alpha value is -2.68. The largest absolute Gasteiger partial charge is 0.479 e. The van der Waals surface area contributed by atoms with E-state index in [0.717, 1.165) is 0 Å². The van der Waals surface area contributed by atoms with E-state index in [2.05, 4.69) is 17.8 Å². The third kappa shape index (κ3) is 4.89. The Balaban J connectivity index is 2.71. The second-order valence-electron chi connectivity index (χ2n) is 5.54. The van der Waals surface area contributed by atoms with Crippen molar-refractivity contribution in [3.63, 3.8) is 0 Å². The molecule has 2 aliphatic heterocycles. The molecule has 0 radical (unpaired) electrons. The van der Waals surface area contributed by atoms with E-state index in [0.29, 0.717) is 0 Å². The molecule has 30 heavy (non-hydrogen) atoms. The van der Waals surface area contributed by atoms with Crippen LogP contribution >= 0.6 is 0 Å². The summed E-state index contributed by atoms with van der Waals surface area (Å²) in [5.74, 6) is -13.5. The maximum atomic E-state index is 12.1. The molecule has 5 N–H and O–H groups in total. The number of Topliss-reactive ketones (excluding diaryl/α,β-unsaturated/α-hetero) is 2. The number of carbonyl (C=O) groups excluding carboxylic acids is 2. The minimum absolute atomic E-state index is 1.42. The van der Waals surface area contributed by atoms with Crippen LogP contribution in [0.3, 0.4) is 0 Å². The summed E-state index contributed by atoms with van der Waals surface area (Å²) in [4.78, 5) is 46.2. The van der Waals surface area contributed by atoms with Crippen molar-refractivity contribution in [3.8, 4) is 0 Å². The van der Waals surface area contributed by atoms with E-state index in [1.54, 1.807) is 0 Å². The topological polar surface area (TPSA) is 275 Å². The lowest BCUT2D eigenvalue weighted by molar-refractivity contribution is -0.163. The molecule has 2 aliphatic rings. The molecule has 5 unspecified atom stereocenters. The van der Waals surface area contributed by atoms with Gasteiger partial charge in [0.05, 0.1) is 0 Å². The molecule has 0 spiro atoms. The Morgan fingerprint density at radius 1 is 0.967 bits per heavy atom. The highest BCUT2D eigenvalue weighted by Crippen LogP contribution is 2.39. The quantitative estimate of drug-likeness (QED) is 0.133. The summed E-state index contributed by atoms with van der Waals surface area (Å²) in [6.07, 6.45) is -9.97. The van der Waals surface area contributed by atoms with Gasteiger partial charge in [-0.15, -0.1) is 0 Å². The van der Waals surface area contributed by atoms with Gasteiger partial charge in [0.15, 0.2) is 18.2 Å². The number of carbonyl (C=O) groups is 4. The first-order chi connectivity index (χ1) is 13.5. The zero-order valence-electron chi connectivity index (χ0n) is 13.8. The summed E-state index contributed by atoms with van der Waals surface area (Å²) in [5, 5.41) is 28.1. The number of aliphatic hydroxyl groups excluding tert-OH is 1. The first kappa shape index (κ1) is 23.6. The van der Waals surface area contributed by atoms with Crippen LogP contribution in [0.1, 0.15) is 0 Å². The summed E-state index contributed by atoms with van der Waals surface area (Å²) in [6, 6.07) is 0. The number of allylic oxidation sites excluding steroid dienone is 1. The van der Waals surface area contributed by atoms with Crippen LogP contribution in [0.15, 0.2) is 11.5 Å². The molecule has 17 nitrogen and oxygen atoms in total. The molecule has 1 fully saturated rings. The predicted octanol–water partition coefficient (Wildman–Crippen LogP) is -3.75. The molecule has 168 valence electrons. The fraction of sp³-hybridized carbons (Fsp3) is 0.455. The minimum Gasteiger partial charge on any atom is -0.479 e. The van der Waals surface area contributed by atoms with E-state index in [9.17, 15) is 41.1 Å². The van der Waals surface area contributed by atoms with Gasteiger partial charge in [0.25, 0.3) is 17.7 Å². The van der Waals surface area contributed by atoms with E-state index in [-0.39, 0.29) is 0 Å². The molecule has 5 atom stereocenters. The maximum Gasteiger partial charge on any atom is 0.446 e. The lowest BCUT2D eigenvalue weighted by Gasteiger charge is -2.28. The second kappa shape index (κ2) is 7.86. The Kier molecular flexibility index (Phi) is 6.19. The molecule has 0 bridgehead atoms. The van der Waals surface area contributed by atoms with Crippen molar-refractivity contribution in [1.29, 1.82) is 0 Å². The van der Waals surface area contributed by atoms with Crippen LogP contribution in [0.5, 0.6) is 0 Å². The van der Waals surface area contributed by atoms with Crippen LogP contribution < -0.4 is 0 Å². The lowest BCUT2D eigenvalue weighted by atomic mass is 9.93. The molecular weight excluding hydrogens is 468 g/mol. The van der Waals surface area contributed by atoms with Gasteiger partial charge in [-0.1, -0.05) is 0 Å². The molecule has 0 aromatic rings. The van der Waals surface area contributed by atoms with Crippen LogP contribution in [-0.2, 0) is 57.8 Å². The smallest absolute Gasteiger partial charge is 0.446 e. The Morgan fingerprint density at radius 2 is 1.53 bits per heavy atom. The van der Waals surface area contributed by atoms with Crippen LogP contribution in [0.2, 0.25) is 0 Å². The van der Waals surface area contributed by atoms with Crippen molar-refractivity contribution < 1.29 is 78.3 Å². The van der Waals surface area contributed by atoms with Gasteiger partial charge in [-0.25, -0.2) is 13.8 Å². The molecule has 1 saturated heterocycles. The maximum absolute atomic E-state index is 12.1. The van der Waals surface area contributed by atoms with E-state index in [4.69, 9.17) is 19.3 Å². The van der Waals surface area contributed by atoms with E-state index in [1.165, 1.54) is 0 Å². The van der Waals surface area contributed by atoms with Gasteiger partial charge in [-0.2, -0.15) is 16.8 Å². The molecule has 0 amide bonds. The Morgan fingerprint density at radius 3 is 1.97 bits per heavy atom. The summed E-state index contributed by atoms with van der Waals surface area (Å²) in [5.41, 5.74) is 0. The average Bonchev–Trinajstić information content (AvgIpc) is 2.85. The summed E-state index contributed by atoms with van der Waals surface area (Å²) < 4.78 is 78.7. The van der Waals surface area contributed by atoms with Gasteiger partial charge in [0, 0.05) is 0 Å². The molecule has 19 heteroatoms. The predicted molar refractivity (Wildman–Crippen MR) is 80.6 cm³/mol. The number of hydrogen-bond acceptors (Lipinski definition) is 13. The first-order valence-corrected chi connectivity index (χ1v) is 9.87. The highest BCUT2D eigenvalue weighted by Gasteiger charge is 2.57. The van der Waals surface area contributed by atoms with Crippen LogP contribution in [0.25, 0.3) is 0 Å². The molecule has 0 saturated carbocycles. The normalized spacial score (nSPS) is 30.2. The van der Waals surface area contributed by atoms with E-state index in [1.807, 2.05) is 0 Å². The summed E-state index contributed by atoms with van der Waals surface area (Å²) in [6.45, 7) is 0. The Labute approximate surface area is 165 Å². The van der Waals surface area contributed by atoms with Gasteiger partial charge in [-0.3, -0.25) is 18.7 Å². The van der Waals surface area contributed by atoms with E-state index >= 15 is 0 Å². The molecule has 0 aromatic carbocycles. The lowest BCUT2D eigenvalue weighted by Crippen LogP contribution is -2.47. The third-order valence-corrected chi connectivity index (χ3v) is 4.37. The number of carboxylic acid groups (broad SMARTS) is 2. The first-order valence-electron chi connectivity index (χ1n) is 7.14. The van der Waals surface area contributed by atoms with Gasteiger partial charge in [-0.05, 0) is 0 Å². The van der Waals surface area contributed by atoms with Crippen LogP contribution in [-0.4, -0.2) is 89.4 Å². The van der Waals surface area contributed by atoms with Gasteiger partial charge in [0.1, 0.15) is 12.0 Å². The highest BCUT2D eigenvalue weighted by molar-refractivity contribution is 7.81. The fourth-order valence-corrected chi connectivity index (χ4v) is 3.27. The second-order valence-corrected chi connectivity index (χ2v) is 7.61. The minimum atomic E-state index is -5.59. The van der Waals surface area contributed by atoms with Crippen molar-refractivity contribution in [3.05, 3.63) is 11.5 Å². The van der Waals surface area contributed by atoms with Gasteiger partial charge in [0.2, 0.25) is 5.76 Å². The monoisotopic (exact) mass is 478 g/mol. The van der Waals surface area contributed by atoms with E-state index < -0.39 is 86.3 Å². The standard InChI is InChI=1S/C11H10O17S2/c12-2-1(11(28-30(22,23)24)26-7(2)9(15)16)5-6(27-29(19,20)21)3(13)4(14)8(25-5)10(17)18/h1-2,7-8,11-12H,(H,15,16)(H,17,18)(H,19,20,21)(H,22,23,24).